The van der Waals surface area contributed by atoms with Crippen LogP contribution in [0, 0.1) is 6.92 Å². The van der Waals surface area contributed by atoms with Crippen LogP contribution in [0.1, 0.15) is 54.7 Å². The summed E-state index contributed by atoms with van der Waals surface area (Å²) in [5.74, 6) is -0.324. The number of hydrogen-bond donors (Lipinski definition) is 2. The third kappa shape index (κ3) is 5.71. The highest BCUT2D eigenvalue weighted by atomic mass is 16.5. The molecule has 0 aromatic carbocycles. The minimum absolute atomic E-state index is 0.177. The van der Waals surface area contributed by atoms with E-state index >= 15 is 0 Å². The molecule has 0 aliphatic heterocycles. The van der Waals surface area contributed by atoms with Crippen molar-refractivity contribution >= 4 is 5.91 Å². The molecule has 1 amide bonds. The highest BCUT2D eigenvalue weighted by Gasteiger charge is 2.12. The molecule has 0 saturated heterocycles. The number of carbonyl (C=O) groups excluding carboxylic acids is 1. The fourth-order valence-corrected chi connectivity index (χ4v) is 2.03. The molecule has 0 aliphatic rings. The van der Waals surface area contributed by atoms with Gasteiger partial charge in [-0.15, -0.1) is 0 Å². The second-order valence-corrected chi connectivity index (χ2v) is 5.10. The molecule has 0 spiro atoms. The van der Waals surface area contributed by atoms with E-state index in [9.17, 15) is 9.59 Å². The van der Waals surface area contributed by atoms with Crippen LogP contribution in [0.5, 0.6) is 0 Å². The first-order chi connectivity index (χ1) is 10.1. The van der Waals surface area contributed by atoms with Gasteiger partial charge in [0.1, 0.15) is 5.56 Å². The average Bonchev–Trinajstić information content (AvgIpc) is 2.48. The zero-order valence-corrected chi connectivity index (χ0v) is 13.3. The molecule has 0 radical (unpaired) electrons. The molecule has 5 heteroatoms. The number of nitrogens with one attached hydrogen (secondary N) is 2. The molecule has 0 bridgehead atoms. The largest absolute Gasteiger partial charge is 0.381 e. The molecule has 1 heterocycles. The smallest absolute Gasteiger partial charge is 0.261 e. The van der Waals surface area contributed by atoms with E-state index in [-0.39, 0.29) is 17.0 Å². The Morgan fingerprint density at radius 3 is 2.67 bits per heavy atom. The van der Waals surface area contributed by atoms with E-state index in [4.69, 9.17) is 4.74 Å². The van der Waals surface area contributed by atoms with Crippen molar-refractivity contribution in [3.8, 4) is 0 Å². The Balaban J connectivity index is 2.42. The summed E-state index contributed by atoms with van der Waals surface area (Å²) in [4.78, 5) is 26.6. The van der Waals surface area contributed by atoms with E-state index in [0.29, 0.717) is 13.2 Å². The summed E-state index contributed by atoms with van der Waals surface area (Å²) >= 11 is 0. The van der Waals surface area contributed by atoms with Gasteiger partial charge in [-0.3, -0.25) is 9.59 Å². The molecule has 118 valence electrons. The standard InChI is InChI=1S/C16H26N2O3/c1-4-6-9-21-10-7-8-17-15(19)13-11-12(3)14(5-2)18-16(13)20/h11H,4-10H2,1-3H3,(H,17,19)(H,18,20). The third-order valence-electron chi connectivity index (χ3n) is 3.34. The normalized spacial score (nSPS) is 10.6. The van der Waals surface area contributed by atoms with Gasteiger partial charge >= 0.3 is 0 Å². The monoisotopic (exact) mass is 294 g/mol. The number of amides is 1. The maximum Gasteiger partial charge on any atom is 0.261 e. The first-order valence-electron chi connectivity index (χ1n) is 7.68. The molecule has 1 aromatic heterocycles. The average molecular weight is 294 g/mol. The van der Waals surface area contributed by atoms with Gasteiger partial charge in [0, 0.05) is 25.5 Å². The SMILES string of the molecule is CCCCOCCCNC(=O)c1cc(C)c(CC)[nH]c1=O. The van der Waals surface area contributed by atoms with Gasteiger partial charge in [0.05, 0.1) is 0 Å². The number of aryl methyl sites for hydroxylation is 2. The Morgan fingerprint density at radius 1 is 1.29 bits per heavy atom. The minimum Gasteiger partial charge on any atom is -0.381 e. The third-order valence-corrected chi connectivity index (χ3v) is 3.34. The topological polar surface area (TPSA) is 71.2 Å². The summed E-state index contributed by atoms with van der Waals surface area (Å²) in [6.07, 6.45) is 3.68. The van der Waals surface area contributed by atoms with E-state index in [1.54, 1.807) is 6.07 Å². The van der Waals surface area contributed by atoms with E-state index in [2.05, 4.69) is 17.2 Å². The fourth-order valence-electron chi connectivity index (χ4n) is 2.03. The Bertz CT molecular complexity index is 509. The summed E-state index contributed by atoms with van der Waals surface area (Å²) in [7, 11) is 0. The lowest BCUT2D eigenvalue weighted by molar-refractivity contribution is 0.0939. The zero-order valence-electron chi connectivity index (χ0n) is 13.3. The molecule has 1 rings (SSSR count). The van der Waals surface area contributed by atoms with E-state index in [0.717, 1.165) is 43.5 Å². The predicted octanol–water partition coefficient (Wildman–Crippen LogP) is 2.18. The molecule has 0 unspecified atom stereocenters. The van der Waals surface area contributed by atoms with Gasteiger partial charge in [0.25, 0.3) is 11.5 Å². The van der Waals surface area contributed by atoms with Crippen LogP contribution in [-0.2, 0) is 11.2 Å². The van der Waals surface area contributed by atoms with Gasteiger partial charge in [-0.1, -0.05) is 20.3 Å². The molecule has 1 aromatic rings. The zero-order chi connectivity index (χ0) is 15.7. The van der Waals surface area contributed by atoms with Crippen molar-refractivity contribution < 1.29 is 9.53 Å². The number of hydrogen-bond acceptors (Lipinski definition) is 3. The molecule has 0 aliphatic carbocycles. The van der Waals surface area contributed by atoms with Crippen molar-refractivity contribution in [2.75, 3.05) is 19.8 Å². The highest BCUT2D eigenvalue weighted by Crippen LogP contribution is 2.04. The van der Waals surface area contributed by atoms with Gasteiger partial charge in [-0.2, -0.15) is 0 Å². The summed E-state index contributed by atoms with van der Waals surface area (Å²) in [5, 5.41) is 2.76. The Labute approximate surface area is 126 Å². The van der Waals surface area contributed by atoms with Crippen LogP contribution in [0.4, 0.5) is 0 Å². The number of aromatic amines is 1. The van der Waals surface area contributed by atoms with Crippen molar-refractivity contribution in [3.05, 3.63) is 33.2 Å². The summed E-state index contributed by atoms with van der Waals surface area (Å²) in [6.45, 7) is 7.89. The molecule has 0 fully saturated rings. The molecule has 5 nitrogen and oxygen atoms in total. The lowest BCUT2D eigenvalue weighted by Gasteiger charge is -2.08. The van der Waals surface area contributed by atoms with E-state index < -0.39 is 0 Å². The second-order valence-electron chi connectivity index (χ2n) is 5.10. The molecule has 2 N–H and O–H groups in total. The van der Waals surface area contributed by atoms with Crippen molar-refractivity contribution in [2.45, 2.75) is 46.5 Å². The predicted molar refractivity (Wildman–Crippen MR) is 83.9 cm³/mol. The van der Waals surface area contributed by atoms with Crippen molar-refractivity contribution in [1.29, 1.82) is 0 Å². The number of H-pyrrole nitrogens is 1. The van der Waals surface area contributed by atoms with Crippen molar-refractivity contribution in [2.24, 2.45) is 0 Å². The van der Waals surface area contributed by atoms with Crippen LogP contribution in [0.25, 0.3) is 0 Å². The highest BCUT2D eigenvalue weighted by molar-refractivity contribution is 5.93. The van der Waals surface area contributed by atoms with Crippen LogP contribution in [-0.4, -0.2) is 30.6 Å². The first-order valence-corrected chi connectivity index (χ1v) is 7.68. The molecule has 21 heavy (non-hydrogen) atoms. The Kier molecular flexibility index (Phi) is 7.75. The van der Waals surface area contributed by atoms with Crippen LogP contribution in [0.3, 0.4) is 0 Å². The van der Waals surface area contributed by atoms with Gasteiger partial charge in [0.2, 0.25) is 0 Å². The van der Waals surface area contributed by atoms with Crippen LogP contribution in [0.15, 0.2) is 10.9 Å². The van der Waals surface area contributed by atoms with Crippen LogP contribution in [0.2, 0.25) is 0 Å². The second kappa shape index (κ2) is 9.34. The number of ether oxygens (including phenoxy) is 1. The fraction of sp³-hybridized carbons (Fsp3) is 0.625. The minimum atomic E-state index is -0.325. The quantitative estimate of drug-likeness (QED) is 0.686. The van der Waals surface area contributed by atoms with Crippen molar-refractivity contribution in [1.82, 2.24) is 10.3 Å². The van der Waals surface area contributed by atoms with E-state index in [1.165, 1.54) is 0 Å². The Morgan fingerprint density at radius 2 is 2.00 bits per heavy atom. The lowest BCUT2D eigenvalue weighted by Crippen LogP contribution is -2.31. The molecule has 0 saturated carbocycles. The molecule has 0 atom stereocenters. The molecular weight excluding hydrogens is 268 g/mol. The van der Waals surface area contributed by atoms with Crippen LogP contribution >= 0.6 is 0 Å². The maximum absolute atomic E-state index is 12.0. The summed E-state index contributed by atoms with van der Waals surface area (Å²) < 4.78 is 5.42. The number of aromatic nitrogens is 1. The van der Waals surface area contributed by atoms with Gasteiger partial charge in [0.15, 0.2) is 0 Å². The summed E-state index contributed by atoms with van der Waals surface area (Å²) in [6, 6.07) is 1.66. The van der Waals surface area contributed by atoms with Gasteiger partial charge in [-0.05, 0) is 37.8 Å². The first kappa shape index (κ1) is 17.4. The maximum atomic E-state index is 12.0. The van der Waals surface area contributed by atoms with E-state index in [1.807, 2.05) is 13.8 Å². The van der Waals surface area contributed by atoms with Gasteiger partial charge in [-0.25, -0.2) is 0 Å². The van der Waals surface area contributed by atoms with Crippen LogP contribution < -0.4 is 10.9 Å². The number of pyridine rings is 1. The number of carbonyl (C=O) groups is 1. The lowest BCUT2D eigenvalue weighted by atomic mass is 10.1. The summed E-state index contributed by atoms with van der Waals surface area (Å²) in [5.41, 5.74) is 1.66. The number of rotatable bonds is 9. The van der Waals surface area contributed by atoms with Crippen molar-refractivity contribution in [3.63, 3.8) is 0 Å². The number of unbranched alkanes of at least 4 members (excludes halogenated alkanes) is 1. The molecular formula is C16H26N2O3. The Hall–Kier alpha value is -1.62. The van der Waals surface area contributed by atoms with Gasteiger partial charge < -0.3 is 15.0 Å².